The van der Waals surface area contributed by atoms with Crippen molar-refractivity contribution in [3.63, 3.8) is 0 Å². The first-order chi connectivity index (χ1) is 7.31. The SMILES string of the molecule is [O]CCC[S+]([O-])c1ccc2nc[nH]c2c1. The number of hydrogen-bond donors (Lipinski definition) is 1. The van der Waals surface area contributed by atoms with Crippen LogP contribution in [0.3, 0.4) is 0 Å². The van der Waals surface area contributed by atoms with Crippen LogP contribution in [0.25, 0.3) is 11.0 Å². The molecule has 5 heteroatoms. The maximum absolute atomic E-state index is 11.7. The molecule has 15 heavy (non-hydrogen) atoms. The van der Waals surface area contributed by atoms with Gasteiger partial charge < -0.3 is 9.54 Å². The predicted octanol–water partition coefficient (Wildman–Crippen LogP) is 1.49. The normalized spacial score (nSPS) is 13.2. The van der Waals surface area contributed by atoms with E-state index in [9.17, 15) is 9.66 Å². The number of nitrogens with one attached hydrogen (secondary N) is 1. The quantitative estimate of drug-likeness (QED) is 0.797. The van der Waals surface area contributed by atoms with E-state index in [2.05, 4.69) is 9.97 Å². The second-order valence-electron chi connectivity index (χ2n) is 3.19. The molecule has 1 N–H and O–H groups in total. The minimum atomic E-state index is -1.07. The molecule has 0 aliphatic heterocycles. The molecular weight excluding hydrogens is 212 g/mol. The van der Waals surface area contributed by atoms with Crippen molar-refractivity contribution in [2.75, 3.05) is 12.4 Å². The molecule has 0 amide bonds. The summed E-state index contributed by atoms with van der Waals surface area (Å²) in [7, 11) is 0. The minimum Gasteiger partial charge on any atom is -0.611 e. The van der Waals surface area contributed by atoms with Crippen LogP contribution in [0.4, 0.5) is 0 Å². The number of aromatic nitrogens is 2. The van der Waals surface area contributed by atoms with Gasteiger partial charge in [0.05, 0.1) is 24.0 Å². The van der Waals surface area contributed by atoms with Gasteiger partial charge >= 0.3 is 0 Å². The molecule has 1 heterocycles. The fraction of sp³-hybridized carbons (Fsp3) is 0.300. The molecule has 0 saturated carbocycles. The summed E-state index contributed by atoms with van der Waals surface area (Å²) in [4.78, 5) is 7.79. The summed E-state index contributed by atoms with van der Waals surface area (Å²) in [6.45, 7) is -0.169. The van der Waals surface area contributed by atoms with Gasteiger partial charge in [-0.1, -0.05) is 0 Å². The number of imidazole rings is 1. The number of benzene rings is 1. The highest BCUT2D eigenvalue weighted by Gasteiger charge is 2.11. The Morgan fingerprint density at radius 2 is 2.33 bits per heavy atom. The largest absolute Gasteiger partial charge is 0.611 e. The number of nitrogens with zero attached hydrogens (tertiary/aromatic N) is 1. The van der Waals surface area contributed by atoms with Gasteiger partial charge in [0.15, 0.2) is 4.90 Å². The Labute approximate surface area is 90.5 Å². The van der Waals surface area contributed by atoms with E-state index in [0.29, 0.717) is 12.2 Å². The fourth-order valence-electron chi connectivity index (χ4n) is 1.36. The lowest BCUT2D eigenvalue weighted by molar-refractivity contribution is 0.194. The lowest BCUT2D eigenvalue weighted by atomic mass is 10.3. The molecular formula is C10H11N2O2S. The lowest BCUT2D eigenvalue weighted by Crippen LogP contribution is -2.07. The molecule has 2 aromatic rings. The molecule has 0 fully saturated rings. The third-order valence-electron chi connectivity index (χ3n) is 2.13. The van der Waals surface area contributed by atoms with Crippen molar-refractivity contribution in [3.05, 3.63) is 24.5 Å². The molecule has 0 aliphatic carbocycles. The van der Waals surface area contributed by atoms with Crippen molar-refractivity contribution in [1.82, 2.24) is 9.97 Å². The van der Waals surface area contributed by atoms with Crippen LogP contribution in [0.5, 0.6) is 0 Å². The summed E-state index contributed by atoms with van der Waals surface area (Å²) in [6, 6.07) is 5.45. The second kappa shape index (κ2) is 4.65. The number of rotatable bonds is 4. The average Bonchev–Trinajstić information content (AvgIpc) is 2.72. The first kappa shape index (κ1) is 10.5. The molecule has 0 bridgehead atoms. The molecule has 1 atom stereocenters. The van der Waals surface area contributed by atoms with Crippen LogP contribution in [-0.4, -0.2) is 26.9 Å². The summed E-state index contributed by atoms with van der Waals surface area (Å²) in [5.41, 5.74) is 1.74. The van der Waals surface area contributed by atoms with Gasteiger partial charge in [-0.15, -0.1) is 0 Å². The standard InChI is InChI=1S/C10H11N2O2S/c13-4-1-5-15(14)8-2-3-9-10(6-8)12-7-11-9/h2-3,6-7H,1,4-5H2,(H,11,12). The molecule has 79 valence electrons. The maximum atomic E-state index is 11.7. The second-order valence-corrected chi connectivity index (χ2v) is 4.76. The van der Waals surface area contributed by atoms with Gasteiger partial charge in [0, 0.05) is 12.5 Å². The van der Waals surface area contributed by atoms with Gasteiger partial charge in [-0.05, 0) is 23.3 Å². The Balaban J connectivity index is 2.19. The van der Waals surface area contributed by atoms with Gasteiger partial charge in [-0.2, -0.15) is 0 Å². The van der Waals surface area contributed by atoms with Crippen molar-refractivity contribution in [2.24, 2.45) is 0 Å². The van der Waals surface area contributed by atoms with Gasteiger partial charge in [0.2, 0.25) is 0 Å². The van der Waals surface area contributed by atoms with Crippen LogP contribution >= 0.6 is 0 Å². The van der Waals surface area contributed by atoms with Crippen LogP contribution < -0.4 is 0 Å². The predicted molar refractivity (Wildman–Crippen MR) is 57.5 cm³/mol. The van der Waals surface area contributed by atoms with E-state index in [4.69, 9.17) is 0 Å². The van der Waals surface area contributed by atoms with Crippen LogP contribution in [0.2, 0.25) is 0 Å². The molecule has 2 rings (SSSR count). The fourth-order valence-corrected chi connectivity index (χ4v) is 2.45. The van der Waals surface area contributed by atoms with Crippen molar-refractivity contribution in [3.8, 4) is 0 Å². The molecule has 4 nitrogen and oxygen atoms in total. The van der Waals surface area contributed by atoms with E-state index in [0.717, 1.165) is 15.9 Å². The van der Waals surface area contributed by atoms with Crippen molar-refractivity contribution in [1.29, 1.82) is 0 Å². The Kier molecular flexibility index (Phi) is 3.25. The number of aromatic amines is 1. The van der Waals surface area contributed by atoms with Crippen LogP contribution in [0, 0.1) is 0 Å². The van der Waals surface area contributed by atoms with Gasteiger partial charge in [-0.3, -0.25) is 0 Å². The third-order valence-corrected chi connectivity index (χ3v) is 3.57. The highest BCUT2D eigenvalue weighted by atomic mass is 32.2. The van der Waals surface area contributed by atoms with Crippen molar-refractivity contribution >= 4 is 22.2 Å². The Hall–Kier alpha value is -1.04. The Morgan fingerprint density at radius 1 is 1.47 bits per heavy atom. The van der Waals surface area contributed by atoms with E-state index in [1.807, 2.05) is 12.1 Å². The Bertz CT molecular complexity index is 444. The van der Waals surface area contributed by atoms with Crippen molar-refractivity contribution in [2.45, 2.75) is 11.3 Å². The summed E-state index contributed by atoms with van der Waals surface area (Å²) in [5, 5.41) is 10.3. The lowest BCUT2D eigenvalue weighted by Gasteiger charge is -2.08. The van der Waals surface area contributed by atoms with E-state index in [-0.39, 0.29) is 6.61 Å². The van der Waals surface area contributed by atoms with Crippen LogP contribution in [0.1, 0.15) is 6.42 Å². The van der Waals surface area contributed by atoms with E-state index < -0.39 is 11.2 Å². The molecule has 1 unspecified atom stereocenters. The highest BCUT2D eigenvalue weighted by molar-refractivity contribution is 7.91. The van der Waals surface area contributed by atoms with Gasteiger partial charge in [0.1, 0.15) is 5.75 Å². The zero-order chi connectivity index (χ0) is 10.7. The monoisotopic (exact) mass is 223 g/mol. The van der Waals surface area contributed by atoms with Crippen molar-refractivity contribution < 1.29 is 9.66 Å². The van der Waals surface area contributed by atoms with Gasteiger partial charge in [-0.25, -0.2) is 10.1 Å². The molecule has 1 radical (unpaired) electrons. The summed E-state index contributed by atoms with van der Waals surface area (Å²) in [6.07, 6.45) is 2.06. The summed E-state index contributed by atoms with van der Waals surface area (Å²) < 4.78 is 11.7. The van der Waals surface area contributed by atoms with E-state index in [1.54, 1.807) is 12.4 Å². The average molecular weight is 223 g/mol. The summed E-state index contributed by atoms with van der Waals surface area (Å²) in [5.74, 6) is 0.434. The highest BCUT2D eigenvalue weighted by Crippen LogP contribution is 2.17. The third kappa shape index (κ3) is 2.31. The molecule has 1 aromatic carbocycles. The molecule has 1 aromatic heterocycles. The maximum Gasteiger partial charge on any atom is 0.154 e. The Morgan fingerprint density at radius 3 is 3.13 bits per heavy atom. The first-order valence-corrected chi connectivity index (χ1v) is 6.03. The number of hydrogen-bond acceptors (Lipinski definition) is 2. The zero-order valence-electron chi connectivity index (χ0n) is 8.10. The van der Waals surface area contributed by atoms with E-state index in [1.165, 1.54) is 0 Å². The smallest absolute Gasteiger partial charge is 0.154 e. The van der Waals surface area contributed by atoms with E-state index >= 15 is 0 Å². The minimum absolute atomic E-state index is 0.169. The van der Waals surface area contributed by atoms with Crippen LogP contribution in [0.15, 0.2) is 29.4 Å². The number of H-pyrrole nitrogens is 1. The topological polar surface area (TPSA) is 71.6 Å². The van der Waals surface area contributed by atoms with Crippen LogP contribution in [-0.2, 0) is 16.3 Å². The first-order valence-electron chi connectivity index (χ1n) is 4.71. The molecule has 0 aliphatic rings. The summed E-state index contributed by atoms with van der Waals surface area (Å²) >= 11 is -1.07. The molecule has 0 spiro atoms. The zero-order valence-corrected chi connectivity index (χ0v) is 8.92. The molecule has 0 saturated heterocycles. The van der Waals surface area contributed by atoms with Gasteiger partial charge in [0.25, 0.3) is 0 Å². The number of fused-ring (bicyclic) bond motifs is 1.